The van der Waals surface area contributed by atoms with Gasteiger partial charge in [0.1, 0.15) is 0 Å². The van der Waals surface area contributed by atoms with Crippen LogP contribution >= 0.6 is 11.6 Å². The molecule has 3 nitrogen and oxygen atoms in total. The zero-order valence-corrected chi connectivity index (χ0v) is 12.3. The Hall–Kier alpha value is -2.00. The van der Waals surface area contributed by atoms with Gasteiger partial charge in [0.05, 0.1) is 5.56 Å². The van der Waals surface area contributed by atoms with Crippen molar-refractivity contribution in [3.05, 3.63) is 64.2 Å². The summed E-state index contributed by atoms with van der Waals surface area (Å²) >= 11 is 5.94. The van der Waals surface area contributed by atoms with Crippen LogP contribution < -0.4 is 10.6 Å². The number of anilines is 1. The summed E-state index contributed by atoms with van der Waals surface area (Å²) in [7, 11) is 1.78. The molecule has 0 bridgehead atoms. The van der Waals surface area contributed by atoms with Crippen molar-refractivity contribution < 1.29 is 4.79 Å². The maximum atomic E-state index is 12.2. The molecule has 0 saturated carbocycles. The number of hydrogen-bond acceptors (Lipinski definition) is 2. The van der Waals surface area contributed by atoms with E-state index in [0.29, 0.717) is 17.1 Å². The van der Waals surface area contributed by atoms with Gasteiger partial charge in [-0.15, -0.1) is 0 Å². The van der Waals surface area contributed by atoms with E-state index in [1.807, 2.05) is 31.2 Å². The van der Waals surface area contributed by atoms with Crippen molar-refractivity contribution in [3.8, 4) is 0 Å². The van der Waals surface area contributed by atoms with E-state index in [2.05, 4.69) is 10.6 Å². The Kier molecular flexibility index (Phi) is 4.64. The van der Waals surface area contributed by atoms with Gasteiger partial charge in [0, 0.05) is 24.3 Å². The van der Waals surface area contributed by atoms with E-state index in [4.69, 9.17) is 11.6 Å². The first kappa shape index (κ1) is 14.4. The normalized spacial score (nSPS) is 10.2. The van der Waals surface area contributed by atoms with Gasteiger partial charge in [0.25, 0.3) is 5.91 Å². The summed E-state index contributed by atoms with van der Waals surface area (Å²) < 4.78 is 0. The van der Waals surface area contributed by atoms with Crippen LogP contribution in [0.2, 0.25) is 5.02 Å². The molecule has 0 aliphatic carbocycles. The summed E-state index contributed by atoms with van der Waals surface area (Å²) in [6.45, 7) is 2.53. The van der Waals surface area contributed by atoms with Crippen LogP contribution in [0.4, 0.5) is 5.69 Å². The molecule has 2 aromatic rings. The molecule has 20 heavy (non-hydrogen) atoms. The van der Waals surface area contributed by atoms with Crippen molar-refractivity contribution in [3.63, 3.8) is 0 Å². The Balaban J connectivity index is 2.08. The van der Waals surface area contributed by atoms with Crippen molar-refractivity contribution in [2.45, 2.75) is 13.5 Å². The van der Waals surface area contributed by atoms with E-state index in [9.17, 15) is 4.79 Å². The number of nitrogens with one attached hydrogen (secondary N) is 2. The highest BCUT2D eigenvalue weighted by molar-refractivity contribution is 6.31. The minimum Gasteiger partial charge on any atom is -0.387 e. The van der Waals surface area contributed by atoms with Gasteiger partial charge < -0.3 is 10.6 Å². The van der Waals surface area contributed by atoms with Crippen LogP contribution in [-0.4, -0.2) is 13.0 Å². The van der Waals surface area contributed by atoms with Gasteiger partial charge in [-0.1, -0.05) is 41.4 Å². The van der Waals surface area contributed by atoms with Gasteiger partial charge >= 0.3 is 0 Å². The number of amides is 1. The SMILES string of the molecule is CNc1ccc(Cl)cc1C(=O)NCc1ccc(C)cc1. The maximum Gasteiger partial charge on any atom is 0.253 e. The monoisotopic (exact) mass is 288 g/mol. The number of aryl methyl sites for hydroxylation is 1. The van der Waals surface area contributed by atoms with E-state index in [-0.39, 0.29) is 5.91 Å². The van der Waals surface area contributed by atoms with Crippen molar-refractivity contribution >= 4 is 23.2 Å². The standard InChI is InChI=1S/C16H17ClN2O/c1-11-3-5-12(6-4-11)10-19-16(20)14-9-13(17)7-8-15(14)18-2/h3-9,18H,10H2,1-2H3,(H,19,20). The zero-order chi connectivity index (χ0) is 14.5. The first-order valence-electron chi connectivity index (χ1n) is 6.41. The summed E-state index contributed by atoms with van der Waals surface area (Å²) in [4.78, 5) is 12.2. The van der Waals surface area contributed by atoms with Crippen LogP contribution in [0.5, 0.6) is 0 Å². The average molecular weight is 289 g/mol. The third kappa shape index (κ3) is 3.52. The number of halogens is 1. The van der Waals surface area contributed by atoms with E-state index in [1.165, 1.54) is 5.56 Å². The van der Waals surface area contributed by atoms with Gasteiger partial charge in [-0.25, -0.2) is 0 Å². The summed E-state index contributed by atoms with van der Waals surface area (Å²) in [5.41, 5.74) is 3.58. The highest BCUT2D eigenvalue weighted by Crippen LogP contribution is 2.20. The third-order valence-electron chi connectivity index (χ3n) is 3.07. The van der Waals surface area contributed by atoms with Crippen LogP contribution in [-0.2, 0) is 6.54 Å². The molecular weight excluding hydrogens is 272 g/mol. The van der Waals surface area contributed by atoms with Gasteiger partial charge in [-0.2, -0.15) is 0 Å². The molecule has 0 atom stereocenters. The number of carbonyl (C=O) groups is 1. The molecule has 0 spiro atoms. The minimum absolute atomic E-state index is 0.141. The quantitative estimate of drug-likeness (QED) is 0.902. The lowest BCUT2D eigenvalue weighted by Crippen LogP contribution is -2.23. The Morgan fingerprint density at radius 3 is 2.50 bits per heavy atom. The number of hydrogen-bond donors (Lipinski definition) is 2. The zero-order valence-electron chi connectivity index (χ0n) is 11.5. The van der Waals surface area contributed by atoms with Gasteiger partial charge in [-0.3, -0.25) is 4.79 Å². The molecule has 2 N–H and O–H groups in total. The minimum atomic E-state index is -0.141. The molecule has 0 aliphatic rings. The van der Waals surface area contributed by atoms with Crippen molar-refractivity contribution in [1.82, 2.24) is 5.32 Å². The molecule has 104 valence electrons. The second kappa shape index (κ2) is 6.44. The predicted octanol–water partition coefficient (Wildman–Crippen LogP) is 3.62. The molecule has 4 heteroatoms. The average Bonchev–Trinajstić information content (AvgIpc) is 2.46. The summed E-state index contributed by atoms with van der Waals surface area (Å²) in [6, 6.07) is 13.3. The fourth-order valence-electron chi connectivity index (χ4n) is 1.91. The Morgan fingerprint density at radius 2 is 1.85 bits per heavy atom. The molecule has 2 aromatic carbocycles. The number of rotatable bonds is 4. The summed E-state index contributed by atoms with van der Waals surface area (Å²) in [6.07, 6.45) is 0. The highest BCUT2D eigenvalue weighted by Gasteiger charge is 2.11. The molecule has 0 radical (unpaired) electrons. The van der Waals surface area contributed by atoms with E-state index in [1.54, 1.807) is 25.2 Å². The molecule has 0 unspecified atom stereocenters. The molecule has 1 amide bonds. The smallest absolute Gasteiger partial charge is 0.253 e. The van der Waals surface area contributed by atoms with Crippen molar-refractivity contribution in [1.29, 1.82) is 0 Å². The fraction of sp³-hybridized carbons (Fsp3) is 0.188. The summed E-state index contributed by atoms with van der Waals surface area (Å²) in [5, 5.41) is 6.43. The van der Waals surface area contributed by atoms with Gasteiger partial charge in [0.2, 0.25) is 0 Å². The van der Waals surface area contributed by atoms with Crippen LogP contribution in [0.15, 0.2) is 42.5 Å². The molecule has 0 heterocycles. The third-order valence-corrected chi connectivity index (χ3v) is 3.30. The lowest BCUT2D eigenvalue weighted by molar-refractivity contribution is 0.0951. The van der Waals surface area contributed by atoms with E-state index < -0.39 is 0 Å². The first-order valence-corrected chi connectivity index (χ1v) is 6.79. The Labute approximate surface area is 124 Å². The molecular formula is C16H17ClN2O. The largest absolute Gasteiger partial charge is 0.387 e. The van der Waals surface area contributed by atoms with Crippen molar-refractivity contribution in [2.75, 3.05) is 12.4 Å². The predicted molar refractivity (Wildman–Crippen MR) is 83.3 cm³/mol. The maximum absolute atomic E-state index is 12.2. The summed E-state index contributed by atoms with van der Waals surface area (Å²) in [5.74, 6) is -0.141. The van der Waals surface area contributed by atoms with Crippen LogP contribution in [0, 0.1) is 6.92 Å². The number of carbonyl (C=O) groups excluding carboxylic acids is 1. The van der Waals surface area contributed by atoms with Crippen LogP contribution in [0.25, 0.3) is 0 Å². The Bertz CT molecular complexity index is 608. The first-order chi connectivity index (χ1) is 9.60. The lowest BCUT2D eigenvalue weighted by Gasteiger charge is -2.10. The van der Waals surface area contributed by atoms with Gasteiger partial charge in [-0.05, 0) is 30.7 Å². The number of benzene rings is 2. The second-order valence-corrected chi connectivity index (χ2v) is 5.04. The molecule has 0 saturated heterocycles. The lowest BCUT2D eigenvalue weighted by atomic mass is 10.1. The fourth-order valence-corrected chi connectivity index (χ4v) is 2.08. The van der Waals surface area contributed by atoms with Crippen LogP contribution in [0.1, 0.15) is 21.5 Å². The molecule has 0 aliphatic heterocycles. The molecule has 0 fully saturated rings. The highest BCUT2D eigenvalue weighted by atomic mass is 35.5. The Morgan fingerprint density at radius 1 is 1.15 bits per heavy atom. The molecule has 2 rings (SSSR count). The molecule has 0 aromatic heterocycles. The van der Waals surface area contributed by atoms with Gasteiger partial charge in [0.15, 0.2) is 0 Å². The second-order valence-electron chi connectivity index (χ2n) is 4.61. The van der Waals surface area contributed by atoms with E-state index in [0.717, 1.165) is 11.3 Å². The topological polar surface area (TPSA) is 41.1 Å². The van der Waals surface area contributed by atoms with Crippen LogP contribution in [0.3, 0.4) is 0 Å². The van der Waals surface area contributed by atoms with E-state index >= 15 is 0 Å². The van der Waals surface area contributed by atoms with Crippen molar-refractivity contribution in [2.24, 2.45) is 0 Å².